The highest BCUT2D eigenvalue weighted by molar-refractivity contribution is 7.89. The number of fused-ring (bicyclic) bond motifs is 1. The minimum Gasteiger partial charge on any atom is -0.484 e. The van der Waals surface area contributed by atoms with Gasteiger partial charge in [-0.15, -0.1) is 0 Å². The third-order valence-corrected chi connectivity index (χ3v) is 5.55. The van der Waals surface area contributed by atoms with Gasteiger partial charge in [-0.25, -0.2) is 13.1 Å². The molecule has 2 aromatic carbocycles. The predicted molar refractivity (Wildman–Crippen MR) is 106 cm³/mol. The van der Waals surface area contributed by atoms with Crippen LogP contribution < -0.4 is 24.2 Å². The van der Waals surface area contributed by atoms with Gasteiger partial charge in [0.05, 0.1) is 4.90 Å². The molecule has 0 bridgehead atoms. The lowest BCUT2D eigenvalue weighted by Crippen LogP contribution is -2.28. The first-order valence-electron chi connectivity index (χ1n) is 9.21. The molecule has 1 aliphatic heterocycles. The summed E-state index contributed by atoms with van der Waals surface area (Å²) >= 11 is 0. The van der Waals surface area contributed by atoms with Crippen LogP contribution in [0.1, 0.15) is 19.4 Å². The summed E-state index contributed by atoms with van der Waals surface area (Å²) < 4.78 is 42.9. The minimum absolute atomic E-state index is 0.151. The van der Waals surface area contributed by atoms with Gasteiger partial charge in [-0.3, -0.25) is 4.79 Å². The van der Waals surface area contributed by atoms with Crippen molar-refractivity contribution in [3.63, 3.8) is 0 Å². The molecule has 8 nitrogen and oxygen atoms in total. The van der Waals surface area contributed by atoms with Gasteiger partial charge in [-0.2, -0.15) is 0 Å². The zero-order valence-corrected chi connectivity index (χ0v) is 17.1. The van der Waals surface area contributed by atoms with E-state index in [0.29, 0.717) is 30.3 Å². The molecule has 0 unspecified atom stereocenters. The normalized spacial score (nSPS) is 12.8. The first-order chi connectivity index (χ1) is 13.8. The summed E-state index contributed by atoms with van der Waals surface area (Å²) in [6, 6.07) is 11.4. The number of ether oxygens (including phenoxy) is 3. The minimum atomic E-state index is -3.55. The van der Waals surface area contributed by atoms with Crippen molar-refractivity contribution < 1.29 is 27.4 Å². The quantitative estimate of drug-likeness (QED) is 0.644. The first-order valence-corrected chi connectivity index (χ1v) is 10.7. The molecule has 0 spiro atoms. The highest BCUT2D eigenvalue weighted by atomic mass is 32.2. The van der Waals surface area contributed by atoms with Gasteiger partial charge in [-0.1, -0.05) is 19.9 Å². The maximum Gasteiger partial charge on any atom is 0.258 e. The Morgan fingerprint density at radius 1 is 1.10 bits per heavy atom. The molecular weight excluding hydrogens is 396 g/mol. The fourth-order valence-corrected chi connectivity index (χ4v) is 3.74. The van der Waals surface area contributed by atoms with Crippen LogP contribution in [0.2, 0.25) is 0 Å². The zero-order chi connectivity index (χ0) is 20.9. The van der Waals surface area contributed by atoms with Crippen LogP contribution >= 0.6 is 0 Å². The Labute approximate surface area is 170 Å². The van der Waals surface area contributed by atoms with E-state index in [-0.39, 0.29) is 30.1 Å². The molecule has 2 N–H and O–H groups in total. The Hall–Kier alpha value is -2.78. The maximum absolute atomic E-state index is 12.2. The monoisotopic (exact) mass is 420 g/mol. The standard InChI is InChI=1S/C20H24N2O6S/c1-14(2)10-22-29(24,25)17-6-4-16(5-7-17)26-12-20(23)21-11-15-3-8-18-19(9-15)28-13-27-18/h3-9,14,22H,10-13H2,1-2H3,(H,21,23). The third-order valence-electron chi connectivity index (χ3n) is 4.11. The summed E-state index contributed by atoms with van der Waals surface area (Å²) in [5.74, 6) is 1.67. The molecule has 0 aromatic heterocycles. The van der Waals surface area contributed by atoms with Gasteiger partial charge in [0, 0.05) is 13.1 Å². The molecule has 1 aliphatic rings. The van der Waals surface area contributed by atoms with Crippen molar-refractivity contribution in [1.82, 2.24) is 10.0 Å². The van der Waals surface area contributed by atoms with E-state index in [9.17, 15) is 13.2 Å². The Bertz CT molecular complexity index is 957. The topological polar surface area (TPSA) is 103 Å². The molecule has 1 heterocycles. The molecule has 1 amide bonds. The van der Waals surface area contributed by atoms with Crippen molar-refractivity contribution in [1.29, 1.82) is 0 Å². The molecule has 0 atom stereocenters. The summed E-state index contributed by atoms with van der Waals surface area (Å²) in [6.45, 7) is 4.57. The second kappa shape index (κ2) is 9.15. The van der Waals surface area contributed by atoms with Crippen LogP contribution in [0.3, 0.4) is 0 Å². The van der Waals surface area contributed by atoms with Crippen LogP contribution in [0.25, 0.3) is 0 Å². The molecule has 0 radical (unpaired) electrons. The first kappa shape index (κ1) is 20.9. The van der Waals surface area contributed by atoms with E-state index in [1.54, 1.807) is 6.07 Å². The summed E-state index contributed by atoms with van der Waals surface area (Å²) in [7, 11) is -3.55. The number of benzene rings is 2. The van der Waals surface area contributed by atoms with Crippen molar-refractivity contribution in [3.05, 3.63) is 48.0 Å². The van der Waals surface area contributed by atoms with Gasteiger partial charge in [0.2, 0.25) is 16.8 Å². The van der Waals surface area contributed by atoms with Gasteiger partial charge in [0.15, 0.2) is 18.1 Å². The van der Waals surface area contributed by atoms with E-state index in [2.05, 4.69) is 10.0 Å². The number of rotatable bonds is 9. The number of carbonyl (C=O) groups is 1. The number of hydrogen-bond donors (Lipinski definition) is 2. The third kappa shape index (κ3) is 5.85. The second-order valence-corrected chi connectivity index (χ2v) is 8.74. The number of amides is 1. The molecule has 156 valence electrons. The number of carbonyl (C=O) groups excluding carboxylic acids is 1. The molecule has 9 heteroatoms. The smallest absolute Gasteiger partial charge is 0.258 e. The van der Waals surface area contributed by atoms with Crippen molar-refractivity contribution in [2.24, 2.45) is 5.92 Å². The van der Waals surface area contributed by atoms with E-state index < -0.39 is 10.0 Å². The summed E-state index contributed by atoms with van der Waals surface area (Å²) in [6.07, 6.45) is 0. The highest BCUT2D eigenvalue weighted by Gasteiger charge is 2.15. The van der Waals surface area contributed by atoms with E-state index in [4.69, 9.17) is 14.2 Å². The molecule has 0 saturated carbocycles. The summed E-state index contributed by atoms with van der Waals surface area (Å²) in [4.78, 5) is 12.2. The van der Waals surface area contributed by atoms with E-state index >= 15 is 0 Å². The summed E-state index contributed by atoms with van der Waals surface area (Å²) in [5, 5.41) is 2.76. The Morgan fingerprint density at radius 3 is 2.55 bits per heavy atom. The molecule has 0 saturated heterocycles. The number of nitrogens with one attached hydrogen (secondary N) is 2. The largest absolute Gasteiger partial charge is 0.484 e. The lowest BCUT2D eigenvalue weighted by atomic mass is 10.2. The number of hydrogen-bond acceptors (Lipinski definition) is 6. The lowest BCUT2D eigenvalue weighted by molar-refractivity contribution is -0.123. The molecule has 29 heavy (non-hydrogen) atoms. The van der Waals surface area contributed by atoms with Crippen LogP contribution in [0.5, 0.6) is 17.2 Å². The fourth-order valence-electron chi connectivity index (χ4n) is 2.53. The second-order valence-electron chi connectivity index (χ2n) is 6.97. The number of sulfonamides is 1. The van der Waals surface area contributed by atoms with Crippen LogP contribution in [0, 0.1) is 5.92 Å². The van der Waals surface area contributed by atoms with E-state index in [1.807, 2.05) is 26.0 Å². The average molecular weight is 420 g/mol. The predicted octanol–water partition coefficient (Wildman–Crippen LogP) is 2.04. The Balaban J connectivity index is 1.46. The Morgan fingerprint density at radius 2 is 1.83 bits per heavy atom. The van der Waals surface area contributed by atoms with Crippen LogP contribution in [0.15, 0.2) is 47.4 Å². The molecule has 3 rings (SSSR count). The molecular formula is C20H24N2O6S. The van der Waals surface area contributed by atoms with Gasteiger partial charge >= 0.3 is 0 Å². The maximum atomic E-state index is 12.2. The van der Waals surface area contributed by atoms with Crippen LogP contribution in [-0.4, -0.2) is 34.3 Å². The lowest BCUT2D eigenvalue weighted by Gasteiger charge is -2.10. The van der Waals surface area contributed by atoms with Gasteiger partial charge in [0.25, 0.3) is 5.91 Å². The Kier molecular flexibility index (Phi) is 6.60. The summed E-state index contributed by atoms with van der Waals surface area (Å²) in [5.41, 5.74) is 0.881. The molecule has 0 aliphatic carbocycles. The van der Waals surface area contributed by atoms with Crippen LogP contribution in [0.4, 0.5) is 0 Å². The van der Waals surface area contributed by atoms with Gasteiger partial charge in [0.1, 0.15) is 5.75 Å². The van der Waals surface area contributed by atoms with Crippen molar-refractivity contribution in [2.45, 2.75) is 25.3 Å². The van der Waals surface area contributed by atoms with Crippen molar-refractivity contribution in [2.75, 3.05) is 19.9 Å². The van der Waals surface area contributed by atoms with Gasteiger partial charge < -0.3 is 19.5 Å². The molecule has 2 aromatic rings. The highest BCUT2D eigenvalue weighted by Crippen LogP contribution is 2.32. The average Bonchev–Trinajstić information content (AvgIpc) is 3.17. The van der Waals surface area contributed by atoms with Crippen molar-refractivity contribution >= 4 is 15.9 Å². The van der Waals surface area contributed by atoms with Crippen molar-refractivity contribution in [3.8, 4) is 17.2 Å². The van der Waals surface area contributed by atoms with E-state index in [0.717, 1.165) is 5.56 Å². The van der Waals surface area contributed by atoms with Crippen LogP contribution in [-0.2, 0) is 21.4 Å². The van der Waals surface area contributed by atoms with E-state index in [1.165, 1.54) is 24.3 Å². The SMILES string of the molecule is CC(C)CNS(=O)(=O)c1ccc(OCC(=O)NCc2ccc3c(c2)OCO3)cc1. The molecule has 0 fully saturated rings. The van der Waals surface area contributed by atoms with Gasteiger partial charge in [-0.05, 0) is 47.9 Å². The fraction of sp³-hybridized carbons (Fsp3) is 0.350. The zero-order valence-electron chi connectivity index (χ0n) is 16.3.